The molecule has 0 spiro atoms. The lowest BCUT2D eigenvalue weighted by Gasteiger charge is -2.14. The van der Waals surface area contributed by atoms with E-state index in [0.717, 1.165) is 0 Å². The first kappa shape index (κ1) is 23.1. The van der Waals surface area contributed by atoms with Crippen LogP contribution in [-0.4, -0.2) is 40.7 Å². The van der Waals surface area contributed by atoms with Gasteiger partial charge >= 0.3 is 0 Å². The van der Waals surface area contributed by atoms with E-state index in [9.17, 15) is 8.42 Å². The van der Waals surface area contributed by atoms with Crippen LogP contribution < -0.4 is 9.46 Å². The molecule has 0 saturated heterocycles. The summed E-state index contributed by atoms with van der Waals surface area (Å²) in [5.74, 6) is -0.253. The summed E-state index contributed by atoms with van der Waals surface area (Å²) < 4.78 is 49.1. The summed E-state index contributed by atoms with van der Waals surface area (Å²) in [6.45, 7) is 0. The van der Waals surface area contributed by atoms with Gasteiger partial charge < -0.3 is 9.72 Å². The first-order valence-corrected chi connectivity index (χ1v) is 12.2. The summed E-state index contributed by atoms with van der Waals surface area (Å²) in [5.41, 5.74) is 1.08. The standard InChI is InChI=1S/C22H15Cl2FN6O3S/c1-34-22-16(9-11(23)10-28-22)35(32,33)31-15-4-2-3-12(17(15)24)13-5-6-14-19(18(13)25)29-30-20(14)21-26-7-8-27-21/h2-10,31H,1H3,(H,26,27)(H,29,30). The summed E-state index contributed by atoms with van der Waals surface area (Å²) in [6, 6.07) is 9.02. The molecule has 0 radical (unpaired) electrons. The fourth-order valence-electron chi connectivity index (χ4n) is 3.61. The Bertz CT molecular complexity index is 1670. The van der Waals surface area contributed by atoms with E-state index < -0.39 is 15.8 Å². The molecule has 0 bridgehead atoms. The molecule has 13 heteroatoms. The van der Waals surface area contributed by atoms with E-state index in [4.69, 9.17) is 27.9 Å². The SMILES string of the molecule is COc1ncc(Cl)cc1S(=O)(=O)Nc1cccc(-c2ccc3c(-c4ncc[nH]4)n[nH]c3c2F)c1Cl. The van der Waals surface area contributed by atoms with Crippen LogP contribution in [0.1, 0.15) is 0 Å². The molecular formula is C22H15Cl2FN6O3S. The summed E-state index contributed by atoms with van der Waals surface area (Å²) in [4.78, 5) is 10.7. The molecule has 0 aliphatic carbocycles. The number of rotatable bonds is 6. The molecule has 3 N–H and O–H groups in total. The van der Waals surface area contributed by atoms with Crippen LogP contribution in [0, 0.1) is 5.82 Å². The van der Waals surface area contributed by atoms with Gasteiger partial charge in [-0.1, -0.05) is 41.4 Å². The largest absolute Gasteiger partial charge is 0.480 e. The zero-order chi connectivity index (χ0) is 24.7. The Hall–Kier alpha value is -3.67. The zero-order valence-electron chi connectivity index (χ0n) is 17.8. The van der Waals surface area contributed by atoms with Crippen molar-refractivity contribution < 1.29 is 17.5 Å². The van der Waals surface area contributed by atoms with Gasteiger partial charge in [0.2, 0.25) is 5.88 Å². The molecule has 0 fully saturated rings. The highest BCUT2D eigenvalue weighted by atomic mass is 35.5. The minimum atomic E-state index is -4.19. The number of hydrogen-bond donors (Lipinski definition) is 3. The quantitative estimate of drug-likeness (QED) is 0.273. The van der Waals surface area contributed by atoms with Crippen LogP contribution in [0.5, 0.6) is 5.88 Å². The number of hydrogen-bond acceptors (Lipinski definition) is 6. The number of methoxy groups -OCH3 is 1. The molecule has 5 aromatic rings. The third-order valence-electron chi connectivity index (χ3n) is 5.20. The lowest BCUT2D eigenvalue weighted by Crippen LogP contribution is -2.15. The monoisotopic (exact) mass is 532 g/mol. The number of aromatic amines is 2. The minimum Gasteiger partial charge on any atom is -0.480 e. The number of anilines is 1. The number of sulfonamides is 1. The van der Waals surface area contributed by atoms with Crippen molar-refractivity contribution in [3.63, 3.8) is 0 Å². The summed E-state index contributed by atoms with van der Waals surface area (Å²) >= 11 is 12.5. The van der Waals surface area contributed by atoms with Crippen LogP contribution >= 0.6 is 23.2 Å². The maximum atomic E-state index is 15.5. The molecule has 3 aromatic heterocycles. The molecule has 178 valence electrons. The van der Waals surface area contributed by atoms with Crippen LogP contribution in [0.4, 0.5) is 10.1 Å². The van der Waals surface area contributed by atoms with Gasteiger partial charge in [0.1, 0.15) is 11.2 Å². The number of aromatic nitrogens is 5. The van der Waals surface area contributed by atoms with Crippen molar-refractivity contribution in [2.45, 2.75) is 4.90 Å². The number of fused-ring (bicyclic) bond motifs is 1. The first-order chi connectivity index (χ1) is 16.8. The Morgan fingerprint density at radius 2 is 1.94 bits per heavy atom. The second-order valence-electron chi connectivity index (χ2n) is 7.29. The number of imidazole rings is 1. The fraction of sp³-hybridized carbons (Fsp3) is 0.0455. The van der Waals surface area contributed by atoms with Crippen molar-refractivity contribution in [3.8, 4) is 28.5 Å². The predicted molar refractivity (Wildman–Crippen MR) is 131 cm³/mol. The number of nitrogens with zero attached hydrogens (tertiary/aromatic N) is 3. The number of nitrogens with one attached hydrogen (secondary N) is 3. The number of halogens is 3. The molecule has 0 aliphatic heterocycles. The second-order valence-corrected chi connectivity index (χ2v) is 9.76. The van der Waals surface area contributed by atoms with Crippen molar-refractivity contribution in [1.82, 2.24) is 25.1 Å². The molecule has 0 aliphatic rings. The summed E-state index contributed by atoms with van der Waals surface area (Å²) in [6.07, 6.45) is 4.47. The van der Waals surface area contributed by atoms with Crippen molar-refractivity contribution >= 4 is 49.8 Å². The highest BCUT2D eigenvalue weighted by Crippen LogP contribution is 2.39. The van der Waals surface area contributed by atoms with Gasteiger partial charge in [0.05, 0.1) is 22.8 Å². The first-order valence-electron chi connectivity index (χ1n) is 9.97. The van der Waals surface area contributed by atoms with Crippen LogP contribution in [-0.2, 0) is 10.0 Å². The Labute approximate surface area is 208 Å². The maximum Gasteiger partial charge on any atom is 0.267 e. The van der Waals surface area contributed by atoms with Crippen molar-refractivity contribution in [3.05, 3.63) is 70.9 Å². The van der Waals surface area contributed by atoms with E-state index in [2.05, 4.69) is 29.9 Å². The molecule has 0 unspecified atom stereocenters. The highest BCUT2D eigenvalue weighted by Gasteiger charge is 2.24. The Kier molecular flexibility index (Phi) is 5.83. The van der Waals surface area contributed by atoms with E-state index in [-0.39, 0.29) is 43.2 Å². The Balaban J connectivity index is 1.56. The van der Waals surface area contributed by atoms with E-state index in [1.165, 1.54) is 25.4 Å². The van der Waals surface area contributed by atoms with Gasteiger partial charge in [0.25, 0.3) is 10.0 Å². The van der Waals surface area contributed by atoms with Gasteiger partial charge in [-0.3, -0.25) is 9.82 Å². The van der Waals surface area contributed by atoms with Gasteiger partial charge in [0.15, 0.2) is 16.5 Å². The van der Waals surface area contributed by atoms with Crippen molar-refractivity contribution in [2.24, 2.45) is 0 Å². The number of pyridine rings is 1. The zero-order valence-corrected chi connectivity index (χ0v) is 20.1. The van der Waals surface area contributed by atoms with Gasteiger partial charge in [0, 0.05) is 35.1 Å². The van der Waals surface area contributed by atoms with Gasteiger partial charge in [-0.25, -0.2) is 22.8 Å². The molecule has 0 atom stereocenters. The number of ether oxygens (including phenoxy) is 1. The fourth-order valence-corrected chi connectivity index (χ4v) is 5.38. The lowest BCUT2D eigenvalue weighted by atomic mass is 10.0. The average molecular weight is 533 g/mol. The van der Waals surface area contributed by atoms with Gasteiger partial charge in [-0.05, 0) is 18.2 Å². The van der Waals surface area contributed by atoms with E-state index in [0.29, 0.717) is 16.9 Å². The molecule has 2 aromatic carbocycles. The van der Waals surface area contributed by atoms with E-state index in [1.54, 1.807) is 36.7 Å². The lowest BCUT2D eigenvalue weighted by molar-refractivity contribution is 0.385. The molecule has 9 nitrogen and oxygen atoms in total. The van der Waals surface area contributed by atoms with E-state index >= 15 is 4.39 Å². The molecular weight excluding hydrogens is 518 g/mol. The highest BCUT2D eigenvalue weighted by molar-refractivity contribution is 7.92. The predicted octanol–water partition coefficient (Wildman–Crippen LogP) is 5.27. The average Bonchev–Trinajstić information content (AvgIpc) is 3.51. The van der Waals surface area contributed by atoms with Gasteiger partial charge in [-0.15, -0.1) is 0 Å². The number of H-pyrrole nitrogens is 2. The van der Waals surface area contributed by atoms with E-state index in [1.807, 2.05) is 0 Å². The minimum absolute atomic E-state index is 0.00551. The van der Waals surface area contributed by atoms with Crippen LogP contribution in [0.25, 0.3) is 33.5 Å². The topological polar surface area (TPSA) is 126 Å². The van der Waals surface area contributed by atoms with Crippen LogP contribution in [0.15, 0.2) is 59.9 Å². The third-order valence-corrected chi connectivity index (χ3v) is 7.17. The third kappa shape index (κ3) is 4.07. The smallest absolute Gasteiger partial charge is 0.267 e. The Morgan fingerprint density at radius 3 is 2.69 bits per heavy atom. The van der Waals surface area contributed by atoms with Crippen LogP contribution in [0.2, 0.25) is 10.0 Å². The molecule has 35 heavy (non-hydrogen) atoms. The van der Waals surface area contributed by atoms with Crippen molar-refractivity contribution in [2.75, 3.05) is 11.8 Å². The van der Waals surface area contributed by atoms with Crippen molar-refractivity contribution in [1.29, 1.82) is 0 Å². The van der Waals surface area contributed by atoms with Crippen LogP contribution in [0.3, 0.4) is 0 Å². The normalized spacial score (nSPS) is 11.7. The van der Waals surface area contributed by atoms with Gasteiger partial charge in [-0.2, -0.15) is 5.10 Å². The molecule has 0 amide bonds. The summed E-state index contributed by atoms with van der Waals surface area (Å²) in [5, 5.41) is 7.48. The molecule has 5 rings (SSSR count). The molecule has 3 heterocycles. The Morgan fingerprint density at radius 1 is 1.11 bits per heavy atom. The number of benzene rings is 2. The summed E-state index contributed by atoms with van der Waals surface area (Å²) in [7, 11) is -2.91. The maximum absolute atomic E-state index is 15.5. The second kappa shape index (κ2) is 8.84. The molecule has 0 saturated carbocycles.